The highest BCUT2D eigenvalue weighted by molar-refractivity contribution is 7.98. The molecule has 1 aliphatic heterocycles. The lowest BCUT2D eigenvalue weighted by Gasteiger charge is -2.33. The van der Waals surface area contributed by atoms with Crippen molar-refractivity contribution in [3.8, 4) is 0 Å². The molecule has 0 radical (unpaired) electrons. The fraction of sp³-hybridized carbons (Fsp3) is 0.222. The number of rotatable bonds is 3. The van der Waals surface area contributed by atoms with Crippen LogP contribution in [-0.2, 0) is 16.0 Å². The van der Waals surface area contributed by atoms with E-state index in [1.165, 1.54) is 0 Å². The molecule has 4 nitrogen and oxygen atoms in total. The summed E-state index contributed by atoms with van der Waals surface area (Å²) in [6.45, 7) is 1.65. The van der Waals surface area contributed by atoms with E-state index in [0.717, 1.165) is 10.5 Å². The van der Waals surface area contributed by atoms with Crippen molar-refractivity contribution in [3.05, 3.63) is 59.7 Å². The minimum atomic E-state index is -1.20. The summed E-state index contributed by atoms with van der Waals surface area (Å²) in [5.74, 6) is -0.778. The molecule has 118 valence electrons. The van der Waals surface area contributed by atoms with Crippen LogP contribution in [-0.4, -0.2) is 23.7 Å². The number of anilines is 1. The van der Waals surface area contributed by atoms with Crippen LogP contribution in [0.5, 0.6) is 0 Å². The molecule has 1 heterocycles. The van der Waals surface area contributed by atoms with Crippen molar-refractivity contribution < 1.29 is 14.3 Å². The lowest BCUT2D eigenvalue weighted by molar-refractivity contribution is -0.134. The molecule has 23 heavy (non-hydrogen) atoms. The van der Waals surface area contributed by atoms with Crippen LogP contribution in [0.1, 0.15) is 22.8 Å². The molecule has 3 rings (SSSR count). The molecule has 2 aromatic rings. The van der Waals surface area contributed by atoms with Crippen LogP contribution in [0.2, 0.25) is 0 Å². The van der Waals surface area contributed by atoms with E-state index in [0.29, 0.717) is 17.7 Å². The quantitative estimate of drug-likeness (QED) is 0.692. The molecule has 1 atom stereocenters. The summed E-state index contributed by atoms with van der Waals surface area (Å²) in [6.07, 6.45) is 2.36. The van der Waals surface area contributed by atoms with E-state index in [4.69, 9.17) is 4.74 Å². The molecule has 0 aliphatic carbocycles. The number of ether oxygens (including phenoxy) is 1. The van der Waals surface area contributed by atoms with Crippen LogP contribution in [0.3, 0.4) is 0 Å². The molecule has 1 aliphatic rings. The first-order valence-electron chi connectivity index (χ1n) is 7.28. The third-order valence-electron chi connectivity index (χ3n) is 3.91. The van der Waals surface area contributed by atoms with Gasteiger partial charge in [0.25, 0.3) is 5.91 Å². The van der Waals surface area contributed by atoms with Gasteiger partial charge >= 0.3 is 5.97 Å². The highest BCUT2D eigenvalue weighted by atomic mass is 32.2. The predicted octanol–water partition coefficient (Wildman–Crippen LogP) is 3.52. The van der Waals surface area contributed by atoms with Gasteiger partial charge < -0.3 is 10.1 Å². The van der Waals surface area contributed by atoms with Crippen molar-refractivity contribution in [3.63, 3.8) is 0 Å². The highest BCUT2D eigenvalue weighted by Gasteiger charge is 2.42. The predicted molar refractivity (Wildman–Crippen MR) is 90.8 cm³/mol. The van der Waals surface area contributed by atoms with E-state index in [1.807, 2.05) is 42.7 Å². The lowest BCUT2D eigenvalue weighted by Crippen LogP contribution is -2.48. The van der Waals surface area contributed by atoms with Crippen molar-refractivity contribution in [2.24, 2.45) is 0 Å². The molecule has 5 heteroatoms. The maximum atomic E-state index is 12.6. The van der Waals surface area contributed by atoms with Crippen LogP contribution < -0.4 is 5.32 Å². The Bertz CT molecular complexity index is 757. The summed E-state index contributed by atoms with van der Waals surface area (Å²) in [5.41, 5.74) is 0.842. The second-order valence-corrected chi connectivity index (χ2v) is 6.52. The zero-order valence-electron chi connectivity index (χ0n) is 13.0. The molecule has 0 spiro atoms. The first-order chi connectivity index (χ1) is 11.0. The standard InChI is InChI=1S/C18H17NO3S/c1-18(11-12-5-3-4-6-15(12)16(20)22-18)17(21)19-13-7-9-14(23-2)10-8-13/h3-10H,11H2,1-2H3,(H,19,21). The van der Waals surface area contributed by atoms with Gasteiger partial charge in [0, 0.05) is 17.0 Å². The Morgan fingerprint density at radius 3 is 2.57 bits per heavy atom. The van der Waals surface area contributed by atoms with Crippen molar-refractivity contribution >= 4 is 29.3 Å². The maximum Gasteiger partial charge on any atom is 0.339 e. The zero-order chi connectivity index (χ0) is 16.4. The number of fused-ring (bicyclic) bond motifs is 1. The molecule has 0 bridgehead atoms. The molecule has 0 saturated carbocycles. The third kappa shape index (κ3) is 3.10. The topological polar surface area (TPSA) is 55.4 Å². The molecule has 1 unspecified atom stereocenters. The summed E-state index contributed by atoms with van der Waals surface area (Å²) in [5, 5.41) is 2.83. The fourth-order valence-electron chi connectivity index (χ4n) is 2.60. The average Bonchev–Trinajstić information content (AvgIpc) is 2.55. The van der Waals surface area contributed by atoms with Crippen molar-refractivity contribution in [1.29, 1.82) is 0 Å². The molecule has 1 N–H and O–H groups in total. The molecule has 0 aromatic heterocycles. The summed E-state index contributed by atoms with van der Waals surface area (Å²) < 4.78 is 5.42. The Balaban J connectivity index is 1.80. The lowest BCUT2D eigenvalue weighted by atomic mass is 9.89. The van der Waals surface area contributed by atoms with E-state index < -0.39 is 11.6 Å². The summed E-state index contributed by atoms with van der Waals surface area (Å²) in [4.78, 5) is 25.9. The van der Waals surface area contributed by atoms with Gasteiger partial charge in [0.1, 0.15) is 0 Å². The number of nitrogens with one attached hydrogen (secondary N) is 1. The van der Waals surface area contributed by atoms with Gasteiger partial charge in [-0.15, -0.1) is 11.8 Å². The summed E-state index contributed by atoms with van der Waals surface area (Å²) >= 11 is 1.63. The van der Waals surface area contributed by atoms with Gasteiger partial charge in [-0.25, -0.2) is 4.79 Å². The molecule has 1 amide bonds. The van der Waals surface area contributed by atoms with Crippen molar-refractivity contribution in [2.45, 2.75) is 23.8 Å². The van der Waals surface area contributed by atoms with E-state index >= 15 is 0 Å². The van der Waals surface area contributed by atoms with Crippen molar-refractivity contribution in [1.82, 2.24) is 0 Å². The Morgan fingerprint density at radius 1 is 1.17 bits per heavy atom. The van der Waals surface area contributed by atoms with Gasteiger partial charge in [0.05, 0.1) is 5.56 Å². The van der Waals surface area contributed by atoms with Crippen LogP contribution in [0.25, 0.3) is 0 Å². The largest absolute Gasteiger partial charge is 0.445 e. The number of amides is 1. The smallest absolute Gasteiger partial charge is 0.339 e. The normalized spacial score (nSPS) is 19.7. The first kappa shape index (κ1) is 15.6. The van der Waals surface area contributed by atoms with E-state index in [9.17, 15) is 9.59 Å². The second-order valence-electron chi connectivity index (χ2n) is 5.64. The molecular formula is C18H17NO3S. The number of esters is 1. The fourth-order valence-corrected chi connectivity index (χ4v) is 3.01. The van der Waals surface area contributed by atoms with Crippen LogP contribution in [0.15, 0.2) is 53.4 Å². The van der Waals surface area contributed by atoms with Gasteiger partial charge in [-0.2, -0.15) is 0 Å². The molecule has 2 aromatic carbocycles. The minimum absolute atomic E-state index is 0.322. The van der Waals surface area contributed by atoms with Gasteiger partial charge in [-0.3, -0.25) is 4.79 Å². The summed E-state index contributed by atoms with van der Waals surface area (Å²) in [7, 11) is 0. The first-order valence-corrected chi connectivity index (χ1v) is 8.51. The number of cyclic esters (lactones) is 1. The van der Waals surface area contributed by atoms with Crippen LogP contribution >= 0.6 is 11.8 Å². The van der Waals surface area contributed by atoms with Crippen LogP contribution in [0.4, 0.5) is 5.69 Å². The van der Waals surface area contributed by atoms with Crippen LogP contribution in [0, 0.1) is 0 Å². The number of carbonyl (C=O) groups is 2. The minimum Gasteiger partial charge on any atom is -0.445 e. The zero-order valence-corrected chi connectivity index (χ0v) is 13.8. The average molecular weight is 327 g/mol. The Labute approximate surface area is 139 Å². The van der Waals surface area contributed by atoms with E-state index in [2.05, 4.69) is 5.32 Å². The SMILES string of the molecule is CSc1ccc(NC(=O)C2(C)Cc3ccccc3C(=O)O2)cc1. The van der Waals surface area contributed by atoms with Gasteiger partial charge in [-0.05, 0) is 49.1 Å². The van der Waals surface area contributed by atoms with Gasteiger partial charge in [-0.1, -0.05) is 18.2 Å². The highest BCUT2D eigenvalue weighted by Crippen LogP contribution is 2.29. The Kier molecular flexibility index (Phi) is 4.13. The number of hydrogen-bond acceptors (Lipinski definition) is 4. The number of thioether (sulfide) groups is 1. The number of hydrogen-bond donors (Lipinski definition) is 1. The number of carbonyl (C=O) groups excluding carboxylic acids is 2. The van der Waals surface area contributed by atoms with E-state index in [-0.39, 0.29) is 5.91 Å². The Hall–Kier alpha value is -2.27. The monoisotopic (exact) mass is 327 g/mol. The Morgan fingerprint density at radius 2 is 1.87 bits per heavy atom. The third-order valence-corrected chi connectivity index (χ3v) is 4.65. The molecule has 0 fully saturated rings. The molecule has 0 saturated heterocycles. The molecular weight excluding hydrogens is 310 g/mol. The maximum absolute atomic E-state index is 12.6. The number of benzene rings is 2. The van der Waals surface area contributed by atoms with Gasteiger partial charge in [0.2, 0.25) is 0 Å². The van der Waals surface area contributed by atoms with E-state index in [1.54, 1.807) is 30.8 Å². The second kappa shape index (κ2) is 6.08. The van der Waals surface area contributed by atoms with Gasteiger partial charge in [0.15, 0.2) is 5.60 Å². The summed E-state index contributed by atoms with van der Waals surface area (Å²) in [6, 6.07) is 14.8. The van der Waals surface area contributed by atoms with Crippen molar-refractivity contribution in [2.75, 3.05) is 11.6 Å².